The lowest BCUT2D eigenvalue weighted by atomic mass is 10.0. The van der Waals surface area contributed by atoms with Gasteiger partial charge < -0.3 is 10.6 Å². The summed E-state index contributed by atoms with van der Waals surface area (Å²) in [6.45, 7) is 4.33. The summed E-state index contributed by atoms with van der Waals surface area (Å²) in [5.74, 6) is 1.56. The molecule has 0 spiro atoms. The molecule has 0 aliphatic carbocycles. The summed E-state index contributed by atoms with van der Waals surface area (Å²) in [4.78, 5) is 10.4. The van der Waals surface area contributed by atoms with Crippen molar-refractivity contribution in [2.24, 2.45) is 5.92 Å². The lowest BCUT2D eigenvalue weighted by Crippen LogP contribution is -2.46. The van der Waals surface area contributed by atoms with Crippen molar-refractivity contribution in [3.63, 3.8) is 0 Å². The molecular weight excluding hydrogens is 152 g/mol. The molecule has 12 heavy (non-hydrogen) atoms. The summed E-state index contributed by atoms with van der Waals surface area (Å²) in [6.07, 6.45) is 3.29. The number of nitrogens with zero attached hydrogens (tertiary/aromatic N) is 3. The van der Waals surface area contributed by atoms with E-state index in [4.69, 9.17) is 5.73 Å². The van der Waals surface area contributed by atoms with Crippen LogP contribution in [0.4, 0.5) is 11.6 Å². The molecule has 2 rings (SSSR count). The Bertz CT molecular complexity index is 263. The van der Waals surface area contributed by atoms with E-state index in [-0.39, 0.29) is 0 Å². The van der Waals surface area contributed by atoms with E-state index in [9.17, 15) is 0 Å². The van der Waals surface area contributed by atoms with E-state index < -0.39 is 0 Å². The number of aromatic nitrogens is 2. The van der Waals surface area contributed by atoms with Crippen LogP contribution in [0.25, 0.3) is 0 Å². The van der Waals surface area contributed by atoms with Gasteiger partial charge in [-0.3, -0.25) is 0 Å². The number of hydrogen-bond donors (Lipinski definition) is 1. The highest BCUT2D eigenvalue weighted by Gasteiger charge is 2.24. The maximum absolute atomic E-state index is 5.47. The van der Waals surface area contributed by atoms with Crippen molar-refractivity contribution in [1.29, 1.82) is 0 Å². The van der Waals surface area contributed by atoms with Crippen LogP contribution in [0, 0.1) is 5.92 Å². The summed E-state index contributed by atoms with van der Waals surface area (Å²) < 4.78 is 0. The molecule has 1 aromatic heterocycles. The van der Waals surface area contributed by atoms with E-state index in [2.05, 4.69) is 21.8 Å². The zero-order valence-electron chi connectivity index (χ0n) is 7.07. The predicted octanol–water partition coefficient (Wildman–Crippen LogP) is 0.515. The predicted molar refractivity (Wildman–Crippen MR) is 47.8 cm³/mol. The average Bonchev–Trinajstić information content (AvgIpc) is 2.01. The van der Waals surface area contributed by atoms with E-state index >= 15 is 0 Å². The Morgan fingerprint density at radius 1 is 1.42 bits per heavy atom. The number of hydrogen-bond acceptors (Lipinski definition) is 4. The molecule has 0 aromatic carbocycles. The minimum atomic E-state index is 0.618. The first-order valence-corrected chi connectivity index (χ1v) is 4.08. The number of nitrogen functional groups attached to an aromatic ring is 1. The van der Waals surface area contributed by atoms with E-state index in [1.165, 1.54) is 0 Å². The van der Waals surface area contributed by atoms with Gasteiger partial charge in [0.1, 0.15) is 0 Å². The Labute approximate surface area is 71.4 Å². The molecule has 0 radical (unpaired) electrons. The van der Waals surface area contributed by atoms with Gasteiger partial charge in [0, 0.05) is 13.1 Å². The molecule has 1 saturated heterocycles. The van der Waals surface area contributed by atoms with Crippen molar-refractivity contribution in [3.05, 3.63) is 12.4 Å². The van der Waals surface area contributed by atoms with E-state index in [0.717, 1.165) is 25.0 Å². The fourth-order valence-corrected chi connectivity index (χ4v) is 1.36. The van der Waals surface area contributed by atoms with Crippen LogP contribution in [0.3, 0.4) is 0 Å². The largest absolute Gasteiger partial charge is 0.396 e. The van der Waals surface area contributed by atoms with Gasteiger partial charge in [0.25, 0.3) is 0 Å². The molecule has 1 aliphatic heterocycles. The lowest BCUT2D eigenvalue weighted by Gasteiger charge is -2.36. The van der Waals surface area contributed by atoms with Crippen LogP contribution >= 0.6 is 0 Å². The van der Waals surface area contributed by atoms with Crippen LogP contribution in [0.2, 0.25) is 0 Å². The molecule has 1 aliphatic rings. The lowest BCUT2D eigenvalue weighted by molar-refractivity contribution is 0.439. The second-order valence-corrected chi connectivity index (χ2v) is 3.33. The van der Waals surface area contributed by atoms with Crippen molar-refractivity contribution in [3.8, 4) is 0 Å². The Morgan fingerprint density at radius 3 is 2.50 bits per heavy atom. The van der Waals surface area contributed by atoms with Gasteiger partial charge in [-0.25, -0.2) is 9.97 Å². The van der Waals surface area contributed by atoms with Gasteiger partial charge in [0.05, 0.1) is 18.1 Å². The maximum Gasteiger partial charge on any atom is 0.225 e. The fourth-order valence-electron chi connectivity index (χ4n) is 1.36. The summed E-state index contributed by atoms with van der Waals surface area (Å²) in [6, 6.07) is 0. The van der Waals surface area contributed by atoms with E-state index in [1.54, 1.807) is 12.4 Å². The molecule has 2 heterocycles. The second kappa shape index (κ2) is 2.62. The molecule has 1 fully saturated rings. The molecule has 2 N–H and O–H groups in total. The molecule has 0 atom stereocenters. The van der Waals surface area contributed by atoms with Crippen LogP contribution in [0.5, 0.6) is 0 Å². The number of rotatable bonds is 1. The first-order valence-electron chi connectivity index (χ1n) is 4.08. The Hall–Kier alpha value is -1.32. The molecule has 0 bridgehead atoms. The van der Waals surface area contributed by atoms with Crippen LogP contribution in [-0.4, -0.2) is 23.1 Å². The van der Waals surface area contributed by atoms with Gasteiger partial charge in [-0.05, 0) is 5.92 Å². The quantitative estimate of drug-likeness (QED) is 0.657. The third kappa shape index (κ3) is 1.20. The number of nitrogens with two attached hydrogens (primary N) is 1. The molecule has 0 amide bonds. The van der Waals surface area contributed by atoms with Crippen LogP contribution in [0.15, 0.2) is 12.4 Å². The Kier molecular flexibility index (Phi) is 1.60. The van der Waals surface area contributed by atoms with Crippen LogP contribution in [-0.2, 0) is 0 Å². The minimum absolute atomic E-state index is 0.618. The minimum Gasteiger partial charge on any atom is -0.396 e. The first kappa shape index (κ1) is 7.34. The fraction of sp³-hybridized carbons (Fsp3) is 0.500. The zero-order chi connectivity index (χ0) is 8.55. The monoisotopic (exact) mass is 164 g/mol. The van der Waals surface area contributed by atoms with Crippen molar-refractivity contribution < 1.29 is 0 Å². The van der Waals surface area contributed by atoms with Crippen LogP contribution in [0.1, 0.15) is 6.92 Å². The highest BCUT2D eigenvalue weighted by molar-refractivity contribution is 5.39. The standard InChI is InChI=1S/C8H12N4/c1-6-4-12(5-6)8-10-2-7(9)3-11-8/h2-3,6H,4-5,9H2,1H3. The smallest absolute Gasteiger partial charge is 0.225 e. The van der Waals surface area contributed by atoms with Gasteiger partial charge in [0.2, 0.25) is 5.95 Å². The molecule has 64 valence electrons. The van der Waals surface area contributed by atoms with Crippen molar-refractivity contribution in [1.82, 2.24) is 9.97 Å². The Balaban J connectivity index is 2.09. The van der Waals surface area contributed by atoms with Gasteiger partial charge in [-0.2, -0.15) is 0 Å². The van der Waals surface area contributed by atoms with E-state index in [0.29, 0.717) is 5.69 Å². The zero-order valence-corrected chi connectivity index (χ0v) is 7.07. The van der Waals surface area contributed by atoms with E-state index in [1.807, 2.05) is 0 Å². The second-order valence-electron chi connectivity index (χ2n) is 3.33. The van der Waals surface area contributed by atoms with Gasteiger partial charge in [-0.15, -0.1) is 0 Å². The average molecular weight is 164 g/mol. The molecule has 1 aromatic rings. The van der Waals surface area contributed by atoms with Crippen LogP contribution < -0.4 is 10.6 Å². The molecule has 0 saturated carbocycles. The first-order chi connectivity index (χ1) is 5.75. The van der Waals surface area contributed by atoms with Gasteiger partial charge >= 0.3 is 0 Å². The summed E-state index contributed by atoms with van der Waals surface area (Å²) >= 11 is 0. The molecule has 0 unspecified atom stereocenters. The van der Waals surface area contributed by atoms with Crippen molar-refractivity contribution >= 4 is 11.6 Å². The molecule has 4 heteroatoms. The highest BCUT2D eigenvalue weighted by Crippen LogP contribution is 2.19. The van der Waals surface area contributed by atoms with Crippen molar-refractivity contribution in [2.75, 3.05) is 23.7 Å². The summed E-state index contributed by atoms with van der Waals surface area (Å²) in [5.41, 5.74) is 6.09. The Morgan fingerprint density at radius 2 is 2.00 bits per heavy atom. The number of anilines is 2. The molecule has 4 nitrogen and oxygen atoms in total. The van der Waals surface area contributed by atoms with Gasteiger partial charge in [0.15, 0.2) is 0 Å². The molecular formula is C8H12N4. The summed E-state index contributed by atoms with van der Waals surface area (Å²) in [5, 5.41) is 0. The highest BCUT2D eigenvalue weighted by atomic mass is 15.3. The van der Waals surface area contributed by atoms with Gasteiger partial charge in [-0.1, -0.05) is 6.92 Å². The normalized spacial score (nSPS) is 17.6. The summed E-state index contributed by atoms with van der Waals surface area (Å²) in [7, 11) is 0. The SMILES string of the molecule is CC1CN(c2ncc(N)cn2)C1. The third-order valence-corrected chi connectivity index (χ3v) is 2.01. The van der Waals surface area contributed by atoms with Crippen molar-refractivity contribution in [2.45, 2.75) is 6.92 Å². The topological polar surface area (TPSA) is 55.0 Å². The third-order valence-electron chi connectivity index (χ3n) is 2.01. The maximum atomic E-state index is 5.47.